The second kappa shape index (κ2) is 6.09. The van der Waals surface area contributed by atoms with Crippen LogP contribution in [0.1, 0.15) is 27.7 Å². The number of fused-ring (bicyclic) bond motifs is 2. The van der Waals surface area contributed by atoms with Crippen LogP contribution in [0.5, 0.6) is 5.75 Å². The molecule has 5 rings (SSSR count). The van der Waals surface area contributed by atoms with Gasteiger partial charge in [-0.25, -0.2) is 0 Å². The largest absolute Gasteiger partial charge is 0.508 e. The molecule has 1 aromatic heterocycles. The first-order valence-corrected chi connectivity index (χ1v) is 8.88. The van der Waals surface area contributed by atoms with E-state index in [9.17, 15) is 14.7 Å². The molecule has 1 amide bonds. The number of phenolic OH excluding ortho intramolecular Hbond substituents is 1. The minimum absolute atomic E-state index is 0.0608. The maximum atomic E-state index is 13.3. The lowest BCUT2D eigenvalue weighted by Crippen LogP contribution is -2.29. The van der Waals surface area contributed by atoms with E-state index < -0.39 is 6.04 Å². The minimum atomic E-state index is -0.633. The Hall–Kier alpha value is -3.86. The van der Waals surface area contributed by atoms with Crippen LogP contribution in [0.2, 0.25) is 0 Å². The first kappa shape index (κ1) is 16.3. The molecule has 0 aliphatic carbocycles. The molecule has 5 nitrogen and oxygen atoms in total. The number of carbonyl (C=O) groups excluding carboxylic acids is 1. The number of para-hydroxylation sites is 2. The second-order valence-electron chi connectivity index (χ2n) is 6.67. The Bertz CT molecular complexity index is 1260. The lowest BCUT2D eigenvalue weighted by atomic mass is 9.98. The molecule has 0 fully saturated rings. The van der Waals surface area contributed by atoms with E-state index in [1.54, 1.807) is 53.4 Å². The van der Waals surface area contributed by atoms with Crippen LogP contribution in [0.4, 0.5) is 5.69 Å². The summed E-state index contributed by atoms with van der Waals surface area (Å²) < 4.78 is 5.88. The number of carbonyl (C=O) groups is 1. The molecule has 0 radical (unpaired) electrons. The summed E-state index contributed by atoms with van der Waals surface area (Å²) in [7, 11) is 0. The van der Waals surface area contributed by atoms with Gasteiger partial charge in [0.1, 0.15) is 11.3 Å². The summed E-state index contributed by atoms with van der Waals surface area (Å²) in [4.78, 5) is 28.2. The fraction of sp³-hybridized carbons (Fsp3) is 0.0435. The average Bonchev–Trinajstić information content (AvgIpc) is 3.02. The number of aromatic hydroxyl groups is 1. The summed E-state index contributed by atoms with van der Waals surface area (Å²) >= 11 is 0. The molecule has 1 atom stereocenters. The number of hydrogen-bond donors (Lipinski definition) is 1. The van der Waals surface area contributed by atoms with Crippen molar-refractivity contribution in [2.75, 3.05) is 4.90 Å². The third-order valence-electron chi connectivity index (χ3n) is 5.02. The van der Waals surface area contributed by atoms with Crippen molar-refractivity contribution in [2.45, 2.75) is 6.04 Å². The van der Waals surface area contributed by atoms with Gasteiger partial charge in [-0.05, 0) is 42.0 Å². The van der Waals surface area contributed by atoms with Crippen molar-refractivity contribution in [3.05, 3.63) is 106 Å². The van der Waals surface area contributed by atoms with Crippen molar-refractivity contribution in [2.24, 2.45) is 0 Å². The standard InChI is InChI=1S/C23H15NO4/c25-16-12-10-14(11-13-16)20-19-21(26)17-8-4-5-9-18(17)28-22(19)23(27)24(20)15-6-2-1-3-7-15/h1-13,20,25H. The van der Waals surface area contributed by atoms with E-state index >= 15 is 0 Å². The molecule has 1 N–H and O–H groups in total. The highest BCUT2D eigenvalue weighted by atomic mass is 16.3. The maximum Gasteiger partial charge on any atom is 0.295 e. The first-order chi connectivity index (χ1) is 13.6. The monoisotopic (exact) mass is 369 g/mol. The van der Waals surface area contributed by atoms with Crippen LogP contribution in [0, 0.1) is 0 Å². The number of rotatable bonds is 2. The van der Waals surface area contributed by atoms with Gasteiger partial charge < -0.3 is 9.52 Å². The lowest BCUT2D eigenvalue weighted by Gasteiger charge is -2.25. The summed E-state index contributed by atoms with van der Waals surface area (Å²) in [6.07, 6.45) is 0. The molecular weight excluding hydrogens is 354 g/mol. The van der Waals surface area contributed by atoms with Crippen LogP contribution in [-0.2, 0) is 0 Å². The molecule has 0 spiro atoms. The topological polar surface area (TPSA) is 70.8 Å². The Morgan fingerprint density at radius 2 is 1.50 bits per heavy atom. The zero-order chi connectivity index (χ0) is 19.3. The Morgan fingerprint density at radius 3 is 2.25 bits per heavy atom. The number of benzene rings is 3. The van der Waals surface area contributed by atoms with Gasteiger partial charge in [0, 0.05) is 5.69 Å². The van der Waals surface area contributed by atoms with Crippen LogP contribution in [0.25, 0.3) is 11.0 Å². The van der Waals surface area contributed by atoms with Crippen molar-refractivity contribution in [3.63, 3.8) is 0 Å². The Balaban J connectivity index is 1.83. The maximum absolute atomic E-state index is 13.3. The summed E-state index contributed by atoms with van der Waals surface area (Å²) in [6, 6.07) is 22.0. The highest BCUT2D eigenvalue weighted by Gasteiger charge is 2.43. The molecule has 5 heteroatoms. The number of amides is 1. The summed E-state index contributed by atoms with van der Waals surface area (Å²) in [5.74, 6) is -0.183. The molecule has 1 aliphatic rings. The molecule has 0 saturated heterocycles. The SMILES string of the molecule is O=C1c2oc3ccccc3c(=O)c2C(c2ccc(O)cc2)N1c1ccccc1. The van der Waals surface area contributed by atoms with E-state index in [1.165, 1.54) is 0 Å². The molecule has 2 heterocycles. The number of hydrogen-bond acceptors (Lipinski definition) is 4. The number of phenols is 1. The molecule has 1 unspecified atom stereocenters. The van der Waals surface area contributed by atoms with E-state index in [0.717, 1.165) is 5.56 Å². The summed E-state index contributed by atoms with van der Waals surface area (Å²) in [5, 5.41) is 10.1. The minimum Gasteiger partial charge on any atom is -0.508 e. The Labute approximate surface area is 160 Å². The molecule has 3 aromatic carbocycles. The Kier molecular flexibility index (Phi) is 3.55. The molecule has 0 saturated carbocycles. The molecule has 1 aliphatic heterocycles. The highest BCUT2D eigenvalue weighted by Crippen LogP contribution is 2.41. The van der Waals surface area contributed by atoms with Gasteiger partial charge in [-0.2, -0.15) is 0 Å². The van der Waals surface area contributed by atoms with E-state index in [1.807, 2.05) is 30.3 Å². The van der Waals surface area contributed by atoms with Crippen molar-refractivity contribution < 1.29 is 14.3 Å². The second-order valence-corrected chi connectivity index (χ2v) is 6.67. The number of nitrogens with zero attached hydrogens (tertiary/aromatic N) is 1. The first-order valence-electron chi connectivity index (χ1n) is 8.88. The molecule has 136 valence electrons. The highest BCUT2D eigenvalue weighted by molar-refractivity contribution is 6.10. The van der Waals surface area contributed by atoms with Crippen molar-refractivity contribution in [3.8, 4) is 5.75 Å². The quantitative estimate of drug-likeness (QED) is 0.573. The van der Waals surface area contributed by atoms with Crippen molar-refractivity contribution >= 4 is 22.6 Å². The van der Waals surface area contributed by atoms with Crippen molar-refractivity contribution in [1.29, 1.82) is 0 Å². The van der Waals surface area contributed by atoms with Gasteiger partial charge in [0.2, 0.25) is 5.76 Å². The summed E-state index contributed by atoms with van der Waals surface area (Å²) in [6.45, 7) is 0. The predicted molar refractivity (Wildman–Crippen MR) is 106 cm³/mol. The van der Waals surface area contributed by atoms with Crippen molar-refractivity contribution in [1.82, 2.24) is 0 Å². The Morgan fingerprint density at radius 1 is 0.821 bits per heavy atom. The third-order valence-corrected chi connectivity index (χ3v) is 5.02. The van der Waals surface area contributed by atoms with Gasteiger partial charge in [-0.15, -0.1) is 0 Å². The smallest absolute Gasteiger partial charge is 0.295 e. The van der Waals surface area contributed by atoms with Gasteiger partial charge in [-0.1, -0.05) is 42.5 Å². The third kappa shape index (κ3) is 2.33. The molecular formula is C23H15NO4. The van der Waals surface area contributed by atoms with E-state index in [0.29, 0.717) is 22.2 Å². The van der Waals surface area contributed by atoms with Crippen LogP contribution in [-0.4, -0.2) is 11.0 Å². The van der Waals surface area contributed by atoms with Gasteiger partial charge in [0.05, 0.1) is 17.0 Å². The van der Waals surface area contributed by atoms with E-state index in [4.69, 9.17) is 4.42 Å². The normalized spacial score (nSPS) is 15.8. The molecule has 28 heavy (non-hydrogen) atoms. The fourth-order valence-electron chi connectivity index (χ4n) is 3.75. The zero-order valence-corrected chi connectivity index (χ0v) is 14.7. The van der Waals surface area contributed by atoms with Crippen LogP contribution in [0.3, 0.4) is 0 Å². The fourth-order valence-corrected chi connectivity index (χ4v) is 3.75. The van der Waals surface area contributed by atoms with Gasteiger partial charge >= 0.3 is 0 Å². The zero-order valence-electron chi connectivity index (χ0n) is 14.7. The van der Waals surface area contributed by atoms with Gasteiger partial charge in [0.25, 0.3) is 5.91 Å². The average molecular weight is 369 g/mol. The van der Waals surface area contributed by atoms with Crippen LogP contribution >= 0.6 is 0 Å². The van der Waals surface area contributed by atoms with E-state index in [-0.39, 0.29) is 22.8 Å². The lowest BCUT2D eigenvalue weighted by molar-refractivity contribution is 0.0971. The predicted octanol–water partition coefficient (Wildman–Crippen LogP) is 4.25. The molecule has 4 aromatic rings. The van der Waals surface area contributed by atoms with Crippen LogP contribution < -0.4 is 10.3 Å². The molecule has 0 bridgehead atoms. The number of anilines is 1. The van der Waals surface area contributed by atoms with Gasteiger partial charge in [0.15, 0.2) is 5.43 Å². The van der Waals surface area contributed by atoms with E-state index in [2.05, 4.69) is 0 Å². The van der Waals surface area contributed by atoms with Crippen LogP contribution in [0.15, 0.2) is 88.1 Å². The van der Waals surface area contributed by atoms with Gasteiger partial charge in [-0.3, -0.25) is 14.5 Å². The summed E-state index contributed by atoms with van der Waals surface area (Å²) in [5.41, 5.74) is 1.87.